The van der Waals surface area contributed by atoms with Crippen molar-refractivity contribution in [3.63, 3.8) is 0 Å². The molecule has 0 radical (unpaired) electrons. The number of thiophene rings is 1. The van der Waals surface area contributed by atoms with Crippen LogP contribution in [0.5, 0.6) is 0 Å². The van der Waals surface area contributed by atoms with Crippen LogP contribution >= 0.6 is 11.3 Å². The molecule has 1 aliphatic heterocycles. The standard InChI is InChI=1S/C19H29N5O3S/c1-3-14(25)11-21-18(26)16-13(2)15-17(22-12-23-19(15)28-16)20-5-4-6-24-7-9-27-10-8-24/h12,14,25H,3-11H2,1-2H3,(H,21,26)(H,20,22,23). The van der Waals surface area contributed by atoms with E-state index in [0.717, 1.165) is 67.4 Å². The fourth-order valence-corrected chi connectivity index (χ4v) is 4.26. The Labute approximate surface area is 169 Å². The van der Waals surface area contributed by atoms with Gasteiger partial charge in [-0.3, -0.25) is 9.69 Å². The number of hydrogen-bond acceptors (Lipinski definition) is 8. The van der Waals surface area contributed by atoms with Crippen molar-refractivity contribution < 1.29 is 14.6 Å². The molecule has 0 spiro atoms. The molecule has 9 heteroatoms. The summed E-state index contributed by atoms with van der Waals surface area (Å²) in [6.45, 7) is 9.51. The lowest BCUT2D eigenvalue weighted by Gasteiger charge is -2.26. The van der Waals surface area contributed by atoms with Gasteiger partial charge in [0.25, 0.3) is 5.91 Å². The maximum absolute atomic E-state index is 12.5. The zero-order chi connectivity index (χ0) is 19.9. The van der Waals surface area contributed by atoms with E-state index in [1.807, 2.05) is 13.8 Å². The van der Waals surface area contributed by atoms with Crippen LogP contribution in [0.3, 0.4) is 0 Å². The second-order valence-electron chi connectivity index (χ2n) is 6.97. The van der Waals surface area contributed by atoms with E-state index in [4.69, 9.17) is 4.74 Å². The Bertz CT molecular complexity index is 791. The molecule has 1 amide bonds. The summed E-state index contributed by atoms with van der Waals surface area (Å²) in [7, 11) is 0. The third-order valence-corrected chi connectivity index (χ3v) is 6.15. The summed E-state index contributed by atoms with van der Waals surface area (Å²) in [5.74, 6) is 0.597. The van der Waals surface area contributed by atoms with Gasteiger partial charge in [0.2, 0.25) is 0 Å². The van der Waals surface area contributed by atoms with E-state index < -0.39 is 6.10 Å². The molecule has 1 unspecified atom stereocenters. The highest BCUT2D eigenvalue weighted by atomic mass is 32.1. The lowest BCUT2D eigenvalue weighted by molar-refractivity contribution is 0.0378. The molecule has 2 aromatic heterocycles. The van der Waals surface area contributed by atoms with E-state index in [1.54, 1.807) is 0 Å². The van der Waals surface area contributed by atoms with Crippen LogP contribution in [0.2, 0.25) is 0 Å². The number of anilines is 1. The van der Waals surface area contributed by atoms with Gasteiger partial charge in [0.05, 0.1) is 29.6 Å². The molecule has 1 atom stereocenters. The summed E-state index contributed by atoms with van der Waals surface area (Å²) < 4.78 is 5.38. The highest BCUT2D eigenvalue weighted by molar-refractivity contribution is 7.20. The number of hydrogen-bond donors (Lipinski definition) is 3. The molecular weight excluding hydrogens is 378 g/mol. The Morgan fingerprint density at radius 2 is 2.18 bits per heavy atom. The van der Waals surface area contributed by atoms with Gasteiger partial charge in [-0.1, -0.05) is 6.92 Å². The molecule has 154 valence electrons. The number of rotatable bonds is 9. The van der Waals surface area contributed by atoms with Gasteiger partial charge in [0.15, 0.2) is 0 Å². The average Bonchev–Trinajstić information content (AvgIpc) is 3.07. The number of ether oxygens (including phenoxy) is 1. The first-order valence-corrected chi connectivity index (χ1v) is 10.7. The largest absolute Gasteiger partial charge is 0.391 e. The Morgan fingerprint density at radius 1 is 1.39 bits per heavy atom. The van der Waals surface area contributed by atoms with Gasteiger partial charge in [0.1, 0.15) is 17.0 Å². The van der Waals surface area contributed by atoms with Crippen molar-refractivity contribution in [3.05, 3.63) is 16.8 Å². The van der Waals surface area contributed by atoms with Crippen LogP contribution in [0.25, 0.3) is 10.2 Å². The number of nitrogens with zero attached hydrogens (tertiary/aromatic N) is 3. The van der Waals surface area contributed by atoms with Crippen LogP contribution < -0.4 is 10.6 Å². The summed E-state index contributed by atoms with van der Waals surface area (Å²) in [4.78, 5) is 25.1. The summed E-state index contributed by atoms with van der Waals surface area (Å²) in [6.07, 6.45) is 2.62. The predicted octanol–water partition coefficient (Wildman–Crippen LogP) is 1.63. The van der Waals surface area contributed by atoms with Gasteiger partial charge in [-0.15, -0.1) is 11.3 Å². The zero-order valence-corrected chi connectivity index (χ0v) is 17.3. The van der Waals surface area contributed by atoms with Gasteiger partial charge >= 0.3 is 0 Å². The zero-order valence-electron chi connectivity index (χ0n) is 16.5. The molecule has 3 rings (SSSR count). The van der Waals surface area contributed by atoms with Crippen molar-refractivity contribution in [1.82, 2.24) is 20.2 Å². The van der Waals surface area contributed by atoms with E-state index in [2.05, 4.69) is 25.5 Å². The molecule has 3 heterocycles. The maximum atomic E-state index is 12.5. The Hall–Kier alpha value is -1.81. The molecule has 1 saturated heterocycles. The Morgan fingerprint density at radius 3 is 2.93 bits per heavy atom. The maximum Gasteiger partial charge on any atom is 0.261 e. The number of carbonyl (C=O) groups is 1. The first-order chi connectivity index (χ1) is 13.6. The summed E-state index contributed by atoms with van der Waals surface area (Å²) in [6, 6.07) is 0. The lowest BCUT2D eigenvalue weighted by atomic mass is 10.2. The van der Waals surface area contributed by atoms with Crippen LogP contribution in [-0.2, 0) is 4.74 Å². The monoisotopic (exact) mass is 407 g/mol. The normalized spacial score (nSPS) is 16.2. The van der Waals surface area contributed by atoms with Crippen LogP contribution in [-0.4, -0.2) is 77.9 Å². The van der Waals surface area contributed by atoms with Crippen molar-refractivity contribution in [2.24, 2.45) is 0 Å². The van der Waals surface area contributed by atoms with Crippen LogP contribution in [0, 0.1) is 6.92 Å². The van der Waals surface area contributed by atoms with E-state index in [9.17, 15) is 9.90 Å². The molecule has 0 aliphatic carbocycles. The van der Waals surface area contributed by atoms with E-state index in [1.165, 1.54) is 17.7 Å². The minimum atomic E-state index is -0.526. The molecule has 28 heavy (non-hydrogen) atoms. The summed E-state index contributed by atoms with van der Waals surface area (Å²) in [5.41, 5.74) is 0.875. The number of aliphatic hydroxyl groups excluding tert-OH is 1. The first kappa shape index (κ1) is 20.9. The number of aryl methyl sites for hydroxylation is 1. The molecule has 1 fully saturated rings. The van der Waals surface area contributed by atoms with Gasteiger partial charge in [-0.2, -0.15) is 0 Å². The molecule has 0 bridgehead atoms. The van der Waals surface area contributed by atoms with E-state index in [0.29, 0.717) is 11.3 Å². The summed E-state index contributed by atoms with van der Waals surface area (Å²) >= 11 is 1.36. The van der Waals surface area contributed by atoms with Gasteiger partial charge in [0, 0.05) is 26.2 Å². The topological polar surface area (TPSA) is 99.6 Å². The fraction of sp³-hybridized carbons (Fsp3) is 0.632. The van der Waals surface area contributed by atoms with Crippen molar-refractivity contribution >= 4 is 33.3 Å². The average molecular weight is 408 g/mol. The van der Waals surface area contributed by atoms with Crippen molar-refractivity contribution in [2.45, 2.75) is 32.8 Å². The van der Waals surface area contributed by atoms with Crippen molar-refractivity contribution in [3.8, 4) is 0 Å². The highest BCUT2D eigenvalue weighted by Crippen LogP contribution is 2.33. The second-order valence-corrected chi connectivity index (χ2v) is 7.96. The molecule has 0 saturated carbocycles. The number of morpholine rings is 1. The minimum Gasteiger partial charge on any atom is -0.391 e. The molecule has 0 aromatic carbocycles. The smallest absolute Gasteiger partial charge is 0.261 e. The van der Waals surface area contributed by atoms with Crippen molar-refractivity contribution in [2.75, 3.05) is 51.3 Å². The quantitative estimate of drug-likeness (QED) is 0.543. The number of amides is 1. The van der Waals surface area contributed by atoms with E-state index >= 15 is 0 Å². The Balaban J connectivity index is 1.63. The number of aliphatic hydroxyl groups is 1. The van der Waals surface area contributed by atoms with E-state index in [-0.39, 0.29) is 12.5 Å². The Kier molecular flexibility index (Phi) is 7.55. The molecule has 8 nitrogen and oxygen atoms in total. The van der Waals surface area contributed by atoms with Crippen LogP contribution in [0.1, 0.15) is 35.0 Å². The summed E-state index contributed by atoms with van der Waals surface area (Å²) in [5, 5.41) is 16.8. The highest BCUT2D eigenvalue weighted by Gasteiger charge is 2.19. The molecule has 1 aliphatic rings. The second kappa shape index (κ2) is 10.1. The third-order valence-electron chi connectivity index (χ3n) is 4.95. The predicted molar refractivity (Wildman–Crippen MR) is 111 cm³/mol. The number of aromatic nitrogens is 2. The van der Waals surface area contributed by atoms with Crippen LogP contribution in [0.4, 0.5) is 5.82 Å². The lowest BCUT2D eigenvalue weighted by Crippen LogP contribution is -2.37. The SMILES string of the molecule is CCC(O)CNC(=O)c1sc2ncnc(NCCCN3CCOCC3)c2c1C. The van der Waals surface area contributed by atoms with Crippen molar-refractivity contribution in [1.29, 1.82) is 0 Å². The van der Waals surface area contributed by atoms with Gasteiger partial charge in [-0.25, -0.2) is 9.97 Å². The van der Waals surface area contributed by atoms with Gasteiger partial charge < -0.3 is 20.5 Å². The number of fused-ring (bicyclic) bond motifs is 1. The first-order valence-electron chi connectivity index (χ1n) is 9.84. The fourth-order valence-electron chi connectivity index (χ4n) is 3.19. The molecule has 2 aromatic rings. The molecule has 3 N–H and O–H groups in total. The third kappa shape index (κ3) is 5.16. The minimum absolute atomic E-state index is 0.175. The number of nitrogens with one attached hydrogen (secondary N) is 2. The van der Waals surface area contributed by atoms with Crippen LogP contribution in [0.15, 0.2) is 6.33 Å². The number of carbonyl (C=O) groups excluding carboxylic acids is 1. The van der Waals surface area contributed by atoms with Gasteiger partial charge in [-0.05, 0) is 31.9 Å². The molecular formula is C19H29N5O3S.